The summed E-state index contributed by atoms with van der Waals surface area (Å²) < 4.78 is 11.3. The van der Waals surface area contributed by atoms with Crippen LogP contribution in [0.1, 0.15) is 38.7 Å². The molecular weight excluding hydrogens is 479 g/mol. The molecule has 0 spiro atoms. The zero-order valence-corrected chi connectivity index (χ0v) is 20.4. The maximum atomic E-state index is 5.83. The molecule has 2 heterocycles. The number of likely N-dealkylation sites (tertiary alicyclic amines) is 1. The Labute approximate surface area is 192 Å². The summed E-state index contributed by atoms with van der Waals surface area (Å²) in [7, 11) is 1.79. The van der Waals surface area contributed by atoms with Gasteiger partial charge in [-0.3, -0.25) is 9.89 Å². The number of halogens is 1. The Morgan fingerprint density at radius 2 is 2.00 bits per heavy atom. The minimum atomic E-state index is -0.192. The summed E-state index contributed by atoms with van der Waals surface area (Å²) in [5.74, 6) is 0.893. The van der Waals surface area contributed by atoms with Crippen molar-refractivity contribution in [1.29, 1.82) is 0 Å². The van der Waals surface area contributed by atoms with Gasteiger partial charge in [-0.25, -0.2) is 0 Å². The molecule has 2 N–H and O–H groups in total. The Balaban J connectivity index is 0.00000300. The highest BCUT2D eigenvalue weighted by atomic mass is 127. The summed E-state index contributed by atoms with van der Waals surface area (Å²) in [6.07, 6.45) is 2.93. The van der Waals surface area contributed by atoms with E-state index in [0.29, 0.717) is 18.6 Å². The number of hydrogen-bond donors (Lipinski definition) is 2. The van der Waals surface area contributed by atoms with Crippen LogP contribution in [0.25, 0.3) is 0 Å². The Morgan fingerprint density at radius 3 is 2.66 bits per heavy atom. The molecule has 1 aromatic rings. The van der Waals surface area contributed by atoms with E-state index in [-0.39, 0.29) is 29.6 Å². The van der Waals surface area contributed by atoms with E-state index in [2.05, 4.69) is 59.7 Å². The van der Waals surface area contributed by atoms with Crippen LogP contribution in [-0.2, 0) is 16.0 Å². The summed E-state index contributed by atoms with van der Waals surface area (Å²) in [6.45, 7) is 9.48. The van der Waals surface area contributed by atoms with E-state index < -0.39 is 0 Å². The maximum absolute atomic E-state index is 5.83. The monoisotopic (exact) mass is 516 g/mol. The fourth-order valence-corrected chi connectivity index (χ4v) is 4.15. The van der Waals surface area contributed by atoms with Crippen LogP contribution >= 0.6 is 24.0 Å². The molecule has 2 fully saturated rings. The number of guanidine groups is 1. The number of ether oxygens (including phenoxy) is 2. The van der Waals surface area contributed by atoms with E-state index in [1.54, 1.807) is 7.11 Å². The Bertz CT molecular complexity index is 622. The van der Waals surface area contributed by atoms with Gasteiger partial charge in [0.15, 0.2) is 5.96 Å². The predicted molar refractivity (Wildman–Crippen MR) is 129 cm³/mol. The topological polar surface area (TPSA) is 58.1 Å². The highest BCUT2D eigenvalue weighted by molar-refractivity contribution is 14.0. The van der Waals surface area contributed by atoms with E-state index >= 15 is 0 Å². The third kappa shape index (κ3) is 7.08. The van der Waals surface area contributed by atoms with Crippen molar-refractivity contribution in [3.63, 3.8) is 0 Å². The van der Waals surface area contributed by atoms with Gasteiger partial charge >= 0.3 is 0 Å². The predicted octanol–water partition coefficient (Wildman–Crippen LogP) is 3.02. The highest BCUT2D eigenvalue weighted by Gasteiger charge is 2.33. The molecule has 2 saturated heterocycles. The summed E-state index contributed by atoms with van der Waals surface area (Å²) >= 11 is 0. The Hall–Kier alpha value is -0.900. The molecule has 2 unspecified atom stereocenters. The molecule has 1 aromatic carbocycles. The lowest BCUT2D eigenvalue weighted by Gasteiger charge is -2.34. The van der Waals surface area contributed by atoms with Crippen molar-refractivity contribution in [2.24, 2.45) is 4.99 Å². The van der Waals surface area contributed by atoms with Crippen LogP contribution in [0, 0.1) is 0 Å². The van der Waals surface area contributed by atoms with Gasteiger partial charge in [0.25, 0.3) is 0 Å². The first kappa shape index (κ1) is 24.4. The van der Waals surface area contributed by atoms with Crippen molar-refractivity contribution in [3.8, 4) is 0 Å². The molecule has 6 nitrogen and oxygen atoms in total. The van der Waals surface area contributed by atoms with Crippen LogP contribution in [0.5, 0.6) is 0 Å². The number of nitrogens with one attached hydrogen (secondary N) is 2. The van der Waals surface area contributed by atoms with E-state index in [0.717, 1.165) is 58.1 Å². The number of rotatable bonds is 7. The van der Waals surface area contributed by atoms with E-state index in [1.807, 2.05) is 0 Å². The molecule has 0 aromatic heterocycles. The van der Waals surface area contributed by atoms with E-state index in [9.17, 15) is 0 Å². The lowest BCUT2D eigenvalue weighted by Crippen LogP contribution is -2.47. The number of nitrogens with zero attached hydrogens (tertiary/aromatic N) is 2. The first-order valence-corrected chi connectivity index (χ1v) is 10.6. The van der Waals surface area contributed by atoms with Gasteiger partial charge in [0, 0.05) is 64.9 Å². The lowest BCUT2D eigenvalue weighted by molar-refractivity contribution is -0.0828. The molecule has 2 atom stereocenters. The summed E-state index contributed by atoms with van der Waals surface area (Å²) in [5, 5.41) is 7.06. The van der Waals surface area contributed by atoms with Crippen molar-refractivity contribution in [2.45, 2.75) is 57.3 Å². The van der Waals surface area contributed by atoms with Crippen LogP contribution in [0.4, 0.5) is 0 Å². The van der Waals surface area contributed by atoms with Gasteiger partial charge in [-0.05, 0) is 25.8 Å². The molecule has 0 aliphatic carbocycles. The van der Waals surface area contributed by atoms with Crippen LogP contribution < -0.4 is 10.6 Å². The van der Waals surface area contributed by atoms with Gasteiger partial charge in [-0.15, -0.1) is 24.0 Å². The van der Waals surface area contributed by atoms with Crippen molar-refractivity contribution in [3.05, 3.63) is 35.9 Å². The number of methoxy groups -OCH3 is 1. The molecule has 3 rings (SSSR count). The van der Waals surface area contributed by atoms with Gasteiger partial charge in [0.05, 0.1) is 12.1 Å². The second-order valence-corrected chi connectivity index (χ2v) is 8.04. The maximum Gasteiger partial charge on any atom is 0.191 e. The molecule has 0 bridgehead atoms. The molecule has 0 saturated carbocycles. The molecule has 0 amide bonds. The second-order valence-electron chi connectivity index (χ2n) is 8.04. The minimum Gasteiger partial charge on any atom is -0.381 e. The fraction of sp³-hybridized carbons (Fsp3) is 0.682. The summed E-state index contributed by atoms with van der Waals surface area (Å²) in [6, 6.07) is 11.7. The van der Waals surface area contributed by atoms with Gasteiger partial charge in [-0.2, -0.15) is 0 Å². The third-order valence-electron chi connectivity index (χ3n) is 5.98. The number of benzene rings is 1. The molecule has 2 aliphatic heterocycles. The quantitative estimate of drug-likeness (QED) is 0.332. The van der Waals surface area contributed by atoms with E-state index in [1.165, 1.54) is 5.56 Å². The Kier molecular flexibility index (Phi) is 10.1. The number of aliphatic imine (C=N–C) groups is 1. The van der Waals surface area contributed by atoms with Gasteiger partial charge in [0.2, 0.25) is 0 Å². The SMILES string of the molecule is CCNC(=NCC1(OC)CCOCC1)NC1CC(C)N(Cc2ccccc2)C1.I. The first-order valence-electron chi connectivity index (χ1n) is 10.6. The normalized spacial score (nSPS) is 24.7. The largest absolute Gasteiger partial charge is 0.381 e. The molecule has 2 aliphatic rings. The Morgan fingerprint density at radius 1 is 1.28 bits per heavy atom. The van der Waals surface area contributed by atoms with Crippen LogP contribution in [0.2, 0.25) is 0 Å². The van der Waals surface area contributed by atoms with Gasteiger partial charge < -0.3 is 20.1 Å². The van der Waals surface area contributed by atoms with Crippen molar-refractivity contribution >= 4 is 29.9 Å². The fourth-order valence-electron chi connectivity index (χ4n) is 4.15. The summed E-state index contributed by atoms with van der Waals surface area (Å²) in [4.78, 5) is 7.42. The number of hydrogen-bond acceptors (Lipinski definition) is 4. The van der Waals surface area contributed by atoms with Gasteiger partial charge in [0.1, 0.15) is 0 Å². The van der Waals surface area contributed by atoms with Crippen LogP contribution in [0.15, 0.2) is 35.3 Å². The van der Waals surface area contributed by atoms with Crippen molar-refractivity contribution in [2.75, 3.05) is 40.0 Å². The third-order valence-corrected chi connectivity index (χ3v) is 5.98. The molecule has 164 valence electrons. The first-order chi connectivity index (χ1) is 13.6. The standard InChI is InChI=1S/C22H36N4O2.HI/c1-4-23-21(24-17-22(27-3)10-12-28-13-11-22)25-20-14-18(2)26(16-20)15-19-8-6-5-7-9-19;/h5-9,18,20H,4,10-17H2,1-3H3,(H2,23,24,25);1H. The van der Waals surface area contributed by atoms with Crippen molar-refractivity contribution in [1.82, 2.24) is 15.5 Å². The zero-order chi connectivity index (χ0) is 19.8. The molecular formula is C22H37IN4O2. The van der Waals surface area contributed by atoms with Crippen LogP contribution in [0.3, 0.4) is 0 Å². The van der Waals surface area contributed by atoms with Crippen molar-refractivity contribution < 1.29 is 9.47 Å². The highest BCUT2D eigenvalue weighted by Crippen LogP contribution is 2.25. The minimum absolute atomic E-state index is 0. The molecule has 0 radical (unpaired) electrons. The summed E-state index contributed by atoms with van der Waals surface area (Å²) in [5.41, 5.74) is 1.18. The lowest BCUT2D eigenvalue weighted by atomic mass is 9.94. The average molecular weight is 516 g/mol. The molecule has 7 heteroatoms. The second kappa shape index (κ2) is 12.1. The average Bonchev–Trinajstić information content (AvgIpc) is 3.06. The molecule has 29 heavy (non-hydrogen) atoms. The van der Waals surface area contributed by atoms with E-state index in [4.69, 9.17) is 14.5 Å². The zero-order valence-electron chi connectivity index (χ0n) is 18.0. The van der Waals surface area contributed by atoms with Crippen LogP contribution in [-0.4, -0.2) is 68.5 Å². The van der Waals surface area contributed by atoms with Gasteiger partial charge in [-0.1, -0.05) is 30.3 Å². The smallest absolute Gasteiger partial charge is 0.191 e.